The van der Waals surface area contributed by atoms with E-state index in [9.17, 15) is 0 Å². The standard InChI is InChI=1S/C9H19N.H2/c1-3-8-6-4-5-7-9(8)10-2;/h8-10H,3-7H2,1-2H3;1H. The Bertz CT molecular complexity index is 83.6. The minimum atomic E-state index is 0. The zero-order valence-corrected chi connectivity index (χ0v) is 7.19. The highest BCUT2D eigenvalue weighted by Crippen LogP contribution is 2.26. The van der Waals surface area contributed by atoms with Crippen molar-refractivity contribution in [2.24, 2.45) is 5.92 Å². The highest BCUT2D eigenvalue weighted by Gasteiger charge is 2.21. The van der Waals surface area contributed by atoms with Gasteiger partial charge in [-0.1, -0.05) is 26.2 Å². The summed E-state index contributed by atoms with van der Waals surface area (Å²) < 4.78 is 0. The summed E-state index contributed by atoms with van der Waals surface area (Å²) in [6.07, 6.45) is 7.08. The van der Waals surface area contributed by atoms with Crippen molar-refractivity contribution in [3.63, 3.8) is 0 Å². The Morgan fingerprint density at radius 2 is 2.10 bits per heavy atom. The van der Waals surface area contributed by atoms with Crippen LogP contribution in [0.2, 0.25) is 0 Å². The van der Waals surface area contributed by atoms with Gasteiger partial charge in [0.2, 0.25) is 0 Å². The van der Waals surface area contributed by atoms with Gasteiger partial charge in [-0.3, -0.25) is 0 Å². The first kappa shape index (κ1) is 8.06. The maximum absolute atomic E-state index is 3.40. The van der Waals surface area contributed by atoms with Crippen molar-refractivity contribution in [1.82, 2.24) is 5.32 Å². The molecule has 0 aromatic carbocycles. The Labute approximate surface area is 65.7 Å². The van der Waals surface area contributed by atoms with Crippen molar-refractivity contribution >= 4 is 0 Å². The van der Waals surface area contributed by atoms with Crippen LogP contribution in [0, 0.1) is 5.92 Å². The van der Waals surface area contributed by atoms with Crippen molar-refractivity contribution in [3.05, 3.63) is 0 Å². The molecule has 0 aromatic rings. The van der Waals surface area contributed by atoms with E-state index in [1.807, 2.05) is 0 Å². The predicted molar refractivity (Wildman–Crippen MR) is 47.2 cm³/mol. The van der Waals surface area contributed by atoms with Gasteiger partial charge in [0.15, 0.2) is 0 Å². The predicted octanol–water partition coefficient (Wildman–Crippen LogP) is 2.42. The summed E-state index contributed by atoms with van der Waals surface area (Å²) in [7, 11) is 2.10. The highest BCUT2D eigenvalue weighted by molar-refractivity contribution is 4.78. The van der Waals surface area contributed by atoms with Gasteiger partial charge in [0, 0.05) is 7.47 Å². The lowest BCUT2D eigenvalue weighted by Crippen LogP contribution is -2.35. The molecule has 2 unspecified atom stereocenters. The van der Waals surface area contributed by atoms with Crippen molar-refractivity contribution in [1.29, 1.82) is 0 Å². The molecule has 0 bridgehead atoms. The summed E-state index contributed by atoms with van der Waals surface area (Å²) in [6, 6.07) is 0.818. The second kappa shape index (κ2) is 3.97. The molecule has 2 atom stereocenters. The van der Waals surface area contributed by atoms with E-state index in [1.165, 1.54) is 32.1 Å². The molecule has 1 aliphatic rings. The van der Waals surface area contributed by atoms with Crippen LogP contribution in [0.25, 0.3) is 0 Å². The van der Waals surface area contributed by atoms with E-state index in [1.54, 1.807) is 0 Å². The Hall–Kier alpha value is -0.0400. The number of rotatable bonds is 2. The van der Waals surface area contributed by atoms with Crippen LogP contribution in [0.3, 0.4) is 0 Å². The topological polar surface area (TPSA) is 12.0 Å². The maximum atomic E-state index is 3.40. The quantitative estimate of drug-likeness (QED) is 0.626. The average molecular weight is 143 g/mol. The van der Waals surface area contributed by atoms with E-state index >= 15 is 0 Å². The van der Waals surface area contributed by atoms with Gasteiger partial charge in [0.25, 0.3) is 0 Å². The monoisotopic (exact) mass is 143 g/mol. The molecule has 1 heteroatoms. The Morgan fingerprint density at radius 3 is 2.60 bits per heavy atom. The largest absolute Gasteiger partial charge is 0.317 e. The van der Waals surface area contributed by atoms with Gasteiger partial charge >= 0.3 is 0 Å². The van der Waals surface area contributed by atoms with Crippen LogP contribution in [0.4, 0.5) is 0 Å². The number of nitrogens with one attached hydrogen (secondary N) is 1. The lowest BCUT2D eigenvalue weighted by Gasteiger charge is -2.30. The third-order valence-electron chi connectivity index (χ3n) is 2.80. The summed E-state index contributed by atoms with van der Waals surface area (Å²) >= 11 is 0. The Morgan fingerprint density at radius 1 is 1.40 bits per heavy atom. The number of hydrogen-bond acceptors (Lipinski definition) is 1. The molecule has 10 heavy (non-hydrogen) atoms. The van der Waals surface area contributed by atoms with Crippen LogP contribution in [-0.4, -0.2) is 13.1 Å². The highest BCUT2D eigenvalue weighted by atomic mass is 14.9. The third-order valence-corrected chi connectivity index (χ3v) is 2.80. The first-order valence-electron chi connectivity index (χ1n) is 4.55. The van der Waals surface area contributed by atoms with E-state index in [0.29, 0.717) is 0 Å². The SMILES string of the molecule is CCC1CCCCC1NC.[HH]. The Balaban J connectivity index is 0.000001000. The zero-order chi connectivity index (χ0) is 7.40. The molecule has 1 saturated carbocycles. The van der Waals surface area contributed by atoms with Crippen LogP contribution >= 0.6 is 0 Å². The molecule has 62 valence electrons. The molecule has 1 rings (SSSR count). The molecule has 1 aliphatic carbocycles. The fraction of sp³-hybridized carbons (Fsp3) is 1.00. The fourth-order valence-corrected chi connectivity index (χ4v) is 2.08. The third kappa shape index (κ3) is 1.72. The van der Waals surface area contributed by atoms with Crippen LogP contribution < -0.4 is 5.32 Å². The van der Waals surface area contributed by atoms with Crippen LogP contribution in [0.5, 0.6) is 0 Å². The summed E-state index contributed by atoms with van der Waals surface area (Å²) in [5.41, 5.74) is 0. The fourth-order valence-electron chi connectivity index (χ4n) is 2.08. The first-order valence-corrected chi connectivity index (χ1v) is 4.55. The van der Waals surface area contributed by atoms with Gasteiger partial charge in [-0.15, -0.1) is 0 Å². The lowest BCUT2D eigenvalue weighted by molar-refractivity contribution is 0.267. The van der Waals surface area contributed by atoms with E-state index < -0.39 is 0 Å². The van der Waals surface area contributed by atoms with Crippen molar-refractivity contribution in [2.75, 3.05) is 7.05 Å². The molecule has 0 saturated heterocycles. The van der Waals surface area contributed by atoms with Gasteiger partial charge < -0.3 is 5.32 Å². The summed E-state index contributed by atoms with van der Waals surface area (Å²) in [6.45, 7) is 2.31. The Kier molecular flexibility index (Phi) is 3.20. The van der Waals surface area contributed by atoms with Gasteiger partial charge in [-0.2, -0.15) is 0 Å². The van der Waals surface area contributed by atoms with E-state index in [2.05, 4.69) is 19.3 Å². The molecular formula is C9H21N. The minimum Gasteiger partial charge on any atom is -0.317 e. The van der Waals surface area contributed by atoms with Crippen molar-refractivity contribution in [2.45, 2.75) is 45.1 Å². The molecule has 0 spiro atoms. The van der Waals surface area contributed by atoms with Gasteiger partial charge in [-0.05, 0) is 25.8 Å². The first-order chi connectivity index (χ1) is 4.88. The van der Waals surface area contributed by atoms with Gasteiger partial charge in [-0.25, -0.2) is 0 Å². The van der Waals surface area contributed by atoms with Gasteiger partial charge in [0.05, 0.1) is 0 Å². The second-order valence-corrected chi connectivity index (χ2v) is 3.35. The van der Waals surface area contributed by atoms with E-state index in [4.69, 9.17) is 0 Å². The summed E-state index contributed by atoms with van der Waals surface area (Å²) in [4.78, 5) is 0. The maximum Gasteiger partial charge on any atom is 0.00922 e. The second-order valence-electron chi connectivity index (χ2n) is 3.35. The van der Waals surface area contributed by atoms with Gasteiger partial charge in [0.1, 0.15) is 0 Å². The van der Waals surface area contributed by atoms with Crippen molar-refractivity contribution in [3.8, 4) is 0 Å². The molecule has 1 fully saturated rings. The molecule has 0 aromatic heterocycles. The average Bonchev–Trinajstić information content (AvgIpc) is 2.04. The number of hydrogen-bond donors (Lipinski definition) is 1. The zero-order valence-electron chi connectivity index (χ0n) is 7.19. The van der Waals surface area contributed by atoms with Crippen LogP contribution in [0.1, 0.15) is 40.5 Å². The summed E-state index contributed by atoms with van der Waals surface area (Å²) in [5.74, 6) is 0.957. The van der Waals surface area contributed by atoms with Crippen molar-refractivity contribution < 1.29 is 1.43 Å². The molecule has 0 aliphatic heterocycles. The lowest BCUT2D eigenvalue weighted by atomic mass is 9.83. The van der Waals surface area contributed by atoms with E-state index in [-0.39, 0.29) is 1.43 Å². The normalized spacial score (nSPS) is 34.2. The smallest absolute Gasteiger partial charge is 0.00922 e. The minimum absolute atomic E-state index is 0. The molecule has 1 N–H and O–H groups in total. The molecular weight excluding hydrogens is 122 g/mol. The molecule has 1 nitrogen and oxygen atoms in total. The molecule has 0 amide bonds. The molecule has 0 heterocycles. The molecule has 0 radical (unpaired) electrons. The van der Waals surface area contributed by atoms with Crippen LogP contribution in [0.15, 0.2) is 0 Å². The van der Waals surface area contributed by atoms with Crippen LogP contribution in [-0.2, 0) is 0 Å². The summed E-state index contributed by atoms with van der Waals surface area (Å²) in [5, 5.41) is 3.40. The van der Waals surface area contributed by atoms with E-state index in [0.717, 1.165) is 12.0 Å².